The van der Waals surface area contributed by atoms with Crippen molar-refractivity contribution in [1.82, 2.24) is 9.80 Å². The van der Waals surface area contributed by atoms with Crippen molar-refractivity contribution >= 4 is 12.0 Å². The molecule has 1 aliphatic heterocycles. The Labute approximate surface area is 138 Å². The Balaban J connectivity index is 1.94. The van der Waals surface area contributed by atoms with Crippen molar-refractivity contribution < 1.29 is 9.53 Å². The smallest absolute Gasteiger partial charge is 0.246 e. The van der Waals surface area contributed by atoms with Gasteiger partial charge in [0, 0.05) is 37.3 Å². The summed E-state index contributed by atoms with van der Waals surface area (Å²) in [5, 5.41) is 0. The Bertz CT molecular complexity index is 535. The van der Waals surface area contributed by atoms with Crippen molar-refractivity contribution in [2.75, 3.05) is 40.3 Å². The van der Waals surface area contributed by atoms with Gasteiger partial charge in [-0.1, -0.05) is 18.2 Å². The average Bonchev–Trinajstić information content (AvgIpc) is 2.54. The van der Waals surface area contributed by atoms with Crippen LogP contribution in [-0.4, -0.2) is 62.1 Å². The summed E-state index contributed by atoms with van der Waals surface area (Å²) in [5.74, 6) is 0.846. The van der Waals surface area contributed by atoms with Crippen LogP contribution in [0, 0.1) is 0 Å². The van der Waals surface area contributed by atoms with Gasteiger partial charge in [0.15, 0.2) is 0 Å². The molecule has 0 saturated carbocycles. The molecule has 0 spiro atoms. The van der Waals surface area contributed by atoms with E-state index >= 15 is 0 Å². The van der Waals surface area contributed by atoms with Crippen molar-refractivity contribution in [3.63, 3.8) is 0 Å². The molecule has 2 rings (SSSR count). The molecule has 126 valence electrons. The van der Waals surface area contributed by atoms with Crippen LogP contribution >= 0.6 is 0 Å². The first-order chi connectivity index (χ1) is 11.1. The van der Waals surface area contributed by atoms with Crippen LogP contribution in [0.5, 0.6) is 5.75 Å². The zero-order valence-electron chi connectivity index (χ0n) is 14.1. The molecule has 1 aliphatic rings. The van der Waals surface area contributed by atoms with Crippen LogP contribution in [0.4, 0.5) is 0 Å². The summed E-state index contributed by atoms with van der Waals surface area (Å²) in [4.78, 5) is 16.2. The zero-order chi connectivity index (χ0) is 16.7. The number of carbonyl (C=O) groups excluding carboxylic acids is 1. The molecule has 1 fully saturated rings. The van der Waals surface area contributed by atoms with Crippen molar-refractivity contribution in [2.45, 2.75) is 18.9 Å². The third-order valence-electron chi connectivity index (χ3n) is 3.97. The number of hydrogen-bond acceptors (Lipinski definition) is 4. The van der Waals surface area contributed by atoms with Gasteiger partial charge in [-0.25, -0.2) is 0 Å². The summed E-state index contributed by atoms with van der Waals surface area (Å²) in [6, 6.07) is 8.01. The first-order valence-corrected chi connectivity index (χ1v) is 8.15. The average molecular weight is 317 g/mol. The minimum Gasteiger partial charge on any atom is -0.492 e. The van der Waals surface area contributed by atoms with E-state index in [0.717, 1.165) is 43.8 Å². The number of likely N-dealkylation sites (N-methyl/N-ethyl adjacent to an activating group) is 1. The third kappa shape index (κ3) is 5.69. The predicted octanol–water partition coefficient (Wildman–Crippen LogP) is 1.59. The third-order valence-corrected chi connectivity index (χ3v) is 3.97. The highest BCUT2D eigenvalue weighted by molar-refractivity contribution is 5.92. The lowest BCUT2D eigenvalue weighted by atomic mass is 10.1. The molecule has 0 atom stereocenters. The fraction of sp³-hybridized carbons (Fsp3) is 0.500. The summed E-state index contributed by atoms with van der Waals surface area (Å²) in [5.41, 5.74) is 6.80. The number of amides is 1. The van der Waals surface area contributed by atoms with Crippen LogP contribution in [0.1, 0.15) is 18.4 Å². The van der Waals surface area contributed by atoms with E-state index in [1.807, 2.05) is 49.3 Å². The van der Waals surface area contributed by atoms with Crippen molar-refractivity contribution in [2.24, 2.45) is 5.73 Å². The number of rotatable bonds is 6. The Kier molecular flexibility index (Phi) is 6.62. The second-order valence-corrected chi connectivity index (χ2v) is 6.19. The second kappa shape index (κ2) is 8.70. The molecule has 0 radical (unpaired) electrons. The highest BCUT2D eigenvalue weighted by Gasteiger charge is 2.18. The molecule has 1 saturated heterocycles. The summed E-state index contributed by atoms with van der Waals surface area (Å²) in [7, 11) is 4.02. The predicted molar refractivity (Wildman–Crippen MR) is 93.3 cm³/mol. The SMILES string of the molecule is CN(C)CCOc1ccccc1/C=C/C(=O)N1CCC(N)CC1. The van der Waals surface area contributed by atoms with Gasteiger partial charge in [0.2, 0.25) is 5.91 Å². The number of nitrogens with zero attached hydrogens (tertiary/aromatic N) is 2. The maximum absolute atomic E-state index is 12.2. The van der Waals surface area contributed by atoms with Crippen molar-refractivity contribution in [3.05, 3.63) is 35.9 Å². The number of para-hydroxylation sites is 1. The van der Waals surface area contributed by atoms with E-state index in [0.29, 0.717) is 6.61 Å². The van der Waals surface area contributed by atoms with Gasteiger partial charge in [0.05, 0.1) is 0 Å². The number of benzene rings is 1. The Morgan fingerprint density at radius 1 is 1.35 bits per heavy atom. The number of likely N-dealkylation sites (tertiary alicyclic amines) is 1. The monoisotopic (exact) mass is 317 g/mol. The largest absolute Gasteiger partial charge is 0.492 e. The van der Waals surface area contributed by atoms with E-state index in [1.54, 1.807) is 6.08 Å². The molecular weight excluding hydrogens is 290 g/mol. The first-order valence-electron chi connectivity index (χ1n) is 8.15. The van der Waals surface area contributed by atoms with Crippen LogP contribution in [0.2, 0.25) is 0 Å². The number of ether oxygens (including phenoxy) is 1. The molecule has 2 N–H and O–H groups in total. The van der Waals surface area contributed by atoms with Gasteiger partial charge >= 0.3 is 0 Å². The van der Waals surface area contributed by atoms with E-state index in [-0.39, 0.29) is 11.9 Å². The van der Waals surface area contributed by atoms with Gasteiger partial charge in [-0.05, 0) is 39.1 Å². The molecule has 0 bridgehead atoms. The molecule has 1 amide bonds. The van der Waals surface area contributed by atoms with Crippen LogP contribution in [0.25, 0.3) is 6.08 Å². The van der Waals surface area contributed by atoms with E-state index in [9.17, 15) is 4.79 Å². The van der Waals surface area contributed by atoms with Gasteiger partial charge in [0.1, 0.15) is 12.4 Å². The lowest BCUT2D eigenvalue weighted by Gasteiger charge is -2.29. The van der Waals surface area contributed by atoms with E-state index in [4.69, 9.17) is 10.5 Å². The molecule has 0 aliphatic carbocycles. The summed E-state index contributed by atoms with van der Waals surface area (Å²) in [6.45, 7) is 2.96. The Hall–Kier alpha value is -1.85. The molecule has 5 nitrogen and oxygen atoms in total. The molecule has 0 unspecified atom stereocenters. The maximum atomic E-state index is 12.2. The molecular formula is C18H27N3O2. The topological polar surface area (TPSA) is 58.8 Å². The van der Waals surface area contributed by atoms with E-state index in [2.05, 4.69) is 4.90 Å². The molecule has 23 heavy (non-hydrogen) atoms. The number of piperidine rings is 1. The summed E-state index contributed by atoms with van der Waals surface area (Å²) in [6.07, 6.45) is 5.22. The second-order valence-electron chi connectivity index (χ2n) is 6.19. The fourth-order valence-electron chi connectivity index (χ4n) is 2.47. The van der Waals surface area contributed by atoms with Crippen LogP contribution in [-0.2, 0) is 4.79 Å². The van der Waals surface area contributed by atoms with Gasteiger partial charge in [-0.3, -0.25) is 4.79 Å². The fourth-order valence-corrected chi connectivity index (χ4v) is 2.47. The summed E-state index contributed by atoms with van der Waals surface area (Å²) < 4.78 is 5.81. The highest BCUT2D eigenvalue weighted by Crippen LogP contribution is 2.20. The maximum Gasteiger partial charge on any atom is 0.246 e. The number of nitrogens with two attached hydrogens (primary N) is 1. The quantitative estimate of drug-likeness (QED) is 0.810. The van der Waals surface area contributed by atoms with Gasteiger partial charge in [-0.15, -0.1) is 0 Å². The highest BCUT2D eigenvalue weighted by atomic mass is 16.5. The standard InChI is InChI=1S/C18H27N3O2/c1-20(2)13-14-23-17-6-4-3-5-15(17)7-8-18(22)21-11-9-16(19)10-12-21/h3-8,16H,9-14,19H2,1-2H3/b8-7+. The minimum atomic E-state index is 0.0417. The van der Waals surface area contributed by atoms with Crippen LogP contribution in [0.15, 0.2) is 30.3 Å². The van der Waals surface area contributed by atoms with Gasteiger partial charge < -0.3 is 20.3 Å². The van der Waals surface area contributed by atoms with Gasteiger partial charge in [-0.2, -0.15) is 0 Å². The summed E-state index contributed by atoms with van der Waals surface area (Å²) >= 11 is 0. The van der Waals surface area contributed by atoms with E-state index < -0.39 is 0 Å². The molecule has 1 heterocycles. The van der Waals surface area contributed by atoms with Gasteiger partial charge in [0.25, 0.3) is 0 Å². The molecule has 1 aromatic rings. The Morgan fingerprint density at radius 3 is 2.74 bits per heavy atom. The van der Waals surface area contributed by atoms with Crippen molar-refractivity contribution in [3.8, 4) is 5.75 Å². The minimum absolute atomic E-state index is 0.0417. The van der Waals surface area contributed by atoms with Crippen LogP contribution < -0.4 is 10.5 Å². The normalized spacial score (nSPS) is 16.3. The molecule has 5 heteroatoms. The molecule has 0 aromatic heterocycles. The number of hydrogen-bond donors (Lipinski definition) is 1. The zero-order valence-corrected chi connectivity index (χ0v) is 14.1. The lowest BCUT2D eigenvalue weighted by Crippen LogP contribution is -2.42. The Morgan fingerprint density at radius 2 is 2.04 bits per heavy atom. The first kappa shape index (κ1) is 17.5. The van der Waals surface area contributed by atoms with E-state index in [1.165, 1.54) is 0 Å². The van der Waals surface area contributed by atoms with Crippen LogP contribution in [0.3, 0.4) is 0 Å². The lowest BCUT2D eigenvalue weighted by molar-refractivity contribution is -0.126. The van der Waals surface area contributed by atoms with Crippen molar-refractivity contribution in [1.29, 1.82) is 0 Å². The molecule has 1 aromatic carbocycles. The number of carbonyl (C=O) groups is 1.